The molecule has 4 rings (SSSR count). The van der Waals surface area contributed by atoms with Crippen molar-refractivity contribution in [2.45, 2.75) is 52.0 Å². The van der Waals surface area contributed by atoms with Crippen molar-refractivity contribution in [3.8, 4) is 0 Å². The lowest BCUT2D eigenvalue weighted by atomic mass is 9.93. The zero-order chi connectivity index (χ0) is 24.2. The molecule has 1 amide bonds. The standard InChI is InChI=1S/C25H34N6O3/c1-3-5-12-31-23(26)22(24(33)28-25(31)34)30(4-2)21(32)16-29-13-10-17(11-14-29)20-15-18-8-6-7-9-19(18)27-20/h6-9,15,17,27H,3-5,10-14,16,26H2,1-2H3,(H,28,33,34). The summed E-state index contributed by atoms with van der Waals surface area (Å²) in [6, 6.07) is 10.5. The number of unbranched alkanes of at least 4 members (excludes halogenated alkanes) is 1. The van der Waals surface area contributed by atoms with E-state index >= 15 is 0 Å². The van der Waals surface area contributed by atoms with E-state index < -0.39 is 11.2 Å². The van der Waals surface area contributed by atoms with E-state index in [4.69, 9.17) is 5.73 Å². The van der Waals surface area contributed by atoms with Gasteiger partial charge in [0, 0.05) is 30.2 Å². The van der Waals surface area contributed by atoms with Gasteiger partial charge in [-0.25, -0.2) is 4.79 Å². The van der Waals surface area contributed by atoms with Crippen LogP contribution >= 0.6 is 0 Å². The highest BCUT2D eigenvalue weighted by molar-refractivity contribution is 5.96. The summed E-state index contributed by atoms with van der Waals surface area (Å²) in [5, 5.41) is 1.22. The van der Waals surface area contributed by atoms with Crippen molar-refractivity contribution >= 4 is 28.3 Å². The fourth-order valence-corrected chi connectivity index (χ4v) is 4.83. The van der Waals surface area contributed by atoms with E-state index in [1.807, 2.05) is 19.1 Å². The number of hydrogen-bond acceptors (Lipinski definition) is 5. The lowest BCUT2D eigenvalue weighted by Gasteiger charge is -2.32. The summed E-state index contributed by atoms with van der Waals surface area (Å²) in [7, 11) is 0. The molecule has 4 N–H and O–H groups in total. The molecular weight excluding hydrogens is 432 g/mol. The quantitative estimate of drug-likeness (QED) is 0.471. The largest absolute Gasteiger partial charge is 0.383 e. The second kappa shape index (κ2) is 10.3. The molecule has 0 bridgehead atoms. The molecule has 2 aromatic heterocycles. The van der Waals surface area contributed by atoms with Gasteiger partial charge in [0.25, 0.3) is 5.56 Å². The van der Waals surface area contributed by atoms with Gasteiger partial charge in [-0.15, -0.1) is 0 Å². The number of hydrogen-bond donors (Lipinski definition) is 3. The van der Waals surface area contributed by atoms with E-state index in [0.717, 1.165) is 44.3 Å². The molecule has 34 heavy (non-hydrogen) atoms. The number of para-hydroxylation sites is 1. The molecule has 3 aromatic rings. The number of nitrogen functional groups attached to an aromatic ring is 1. The van der Waals surface area contributed by atoms with Crippen molar-refractivity contribution in [1.29, 1.82) is 0 Å². The maximum atomic E-state index is 13.2. The highest BCUT2D eigenvalue weighted by Crippen LogP contribution is 2.30. The number of carbonyl (C=O) groups excluding carboxylic acids is 1. The number of amides is 1. The van der Waals surface area contributed by atoms with E-state index in [1.54, 1.807) is 6.92 Å². The Labute approximate surface area is 198 Å². The average molecular weight is 467 g/mol. The normalized spacial score (nSPS) is 15.1. The summed E-state index contributed by atoms with van der Waals surface area (Å²) in [5.74, 6) is 0.293. The first-order chi connectivity index (χ1) is 16.4. The summed E-state index contributed by atoms with van der Waals surface area (Å²) >= 11 is 0. The Morgan fingerprint density at radius 2 is 1.88 bits per heavy atom. The van der Waals surface area contributed by atoms with Crippen LogP contribution in [-0.4, -0.2) is 51.5 Å². The second-order valence-corrected chi connectivity index (χ2v) is 9.00. The third-order valence-electron chi connectivity index (χ3n) is 6.77. The number of carbonyl (C=O) groups is 1. The van der Waals surface area contributed by atoms with Crippen LogP contribution in [0.25, 0.3) is 10.9 Å². The second-order valence-electron chi connectivity index (χ2n) is 9.00. The molecule has 9 heteroatoms. The SMILES string of the molecule is CCCCn1c(N)c(N(CC)C(=O)CN2CCC(c3cc4ccccc4[nH]3)CC2)c(=O)[nH]c1=O. The zero-order valence-electron chi connectivity index (χ0n) is 20.0. The molecule has 1 fully saturated rings. The van der Waals surface area contributed by atoms with Gasteiger partial charge in [0.15, 0.2) is 5.69 Å². The van der Waals surface area contributed by atoms with Crippen molar-refractivity contribution in [2.75, 3.05) is 36.8 Å². The van der Waals surface area contributed by atoms with Gasteiger partial charge < -0.3 is 15.6 Å². The topological polar surface area (TPSA) is 120 Å². The molecule has 0 aliphatic carbocycles. The van der Waals surface area contributed by atoms with Crippen LogP contribution in [0, 0.1) is 0 Å². The first-order valence-corrected chi connectivity index (χ1v) is 12.2. The van der Waals surface area contributed by atoms with Crippen LogP contribution in [0.5, 0.6) is 0 Å². The number of benzene rings is 1. The molecule has 0 atom stereocenters. The molecule has 1 aliphatic rings. The fourth-order valence-electron chi connectivity index (χ4n) is 4.83. The van der Waals surface area contributed by atoms with E-state index in [9.17, 15) is 14.4 Å². The van der Waals surface area contributed by atoms with Crippen molar-refractivity contribution in [3.05, 3.63) is 56.9 Å². The Balaban J connectivity index is 1.44. The van der Waals surface area contributed by atoms with Crippen LogP contribution < -0.4 is 21.9 Å². The number of fused-ring (bicyclic) bond motifs is 1. The van der Waals surface area contributed by atoms with Gasteiger partial charge in [-0.2, -0.15) is 0 Å². The smallest absolute Gasteiger partial charge is 0.330 e. The minimum Gasteiger partial charge on any atom is -0.383 e. The first kappa shape index (κ1) is 23.8. The number of H-pyrrole nitrogens is 2. The van der Waals surface area contributed by atoms with Crippen LogP contribution in [0.4, 0.5) is 11.5 Å². The number of aromatic nitrogens is 3. The van der Waals surface area contributed by atoms with Crippen LogP contribution in [0.2, 0.25) is 0 Å². The molecule has 3 heterocycles. The lowest BCUT2D eigenvalue weighted by Crippen LogP contribution is -2.46. The Morgan fingerprint density at radius 3 is 2.56 bits per heavy atom. The van der Waals surface area contributed by atoms with Crippen molar-refractivity contribution in [2.24, 2.45) is 0 Å². The average Bonchev–Trinajstić information content (AvgIpc) is 3.26. The Morgan fingerprint density at radius 1 is 1.15 bits per heavy atom. The monoisotopic (exact) mass is 466 g/mol. The highest BCUT2D eigenvalue weighted by atomic mass is 16.2. The van der Waals surface area contributed by atoms with Gasteiger partial charge >= 0.3 is 5.69 Å². The van der Waals surface area contributed by atoms with E-state index in [1.165, 1.54) is 20.5 Å². The third-order valence-corrected chi connectivity index (χ3v) is 6.77. The zero-order valence-corrected chi connectivity index (χ0v) is 20.0. The molecule has 182 valence electrons. The minimum absolute atomic E-state index is 0.0509. The fraction of sp³-hybridized carbons (Fsp3) is 0.480. The molecule has 0 saturated carbocycles. The van der Waals surface area contributed by atoms with E-state index in [2.05, 4.69) is 33.1 Å². The van der Waals surface area contributed by atoms with Gasteiger partial charge in [0.05, 0.1) is 6.54 Å². The molecule has 1 saturated heterocycles. The molecule has 1 aromatic carbocycles. The molecule has 0 spiro atoms. The summed E-state index contributed by atoms with van der Waals surface area (Å²) in [6.07, 6.45) is 3.54. The van der Waals surface area contributed by atoms with E-state index in [0.29, 0.717) is 19.0 Å². The van der Waals surface area contributed by atoms with Gasteiger partial charge in [0.1, 0.15) is 5.82 Å². The number of nitrogens with two attached hydrogens (primary N) is 1. The lowest BCUT2D eigenvalue weighted by molar-refractivity contribution is -0.120. The van der Waals surface area contributed by atoms with Crippen LogP contribution in [0.1, 0.15) is 51.1 Å². The molecule has 9 nitrogen and oxygen atoms in total. The molecule has 0 radical (unpaired) electrons. The Kier molecular flexibility index (Phi) is 7.21. The minimum atomic E-state index is -0.622. The van der Waals surface area contributed by atoms with Gasteiger partial charge in [-0.3, -0.25) is 24.0 Å². The van der Waals surface area contributed by atoms with Gasteiger partial charge in [-0.1, -0.05) is 31.5 Å². The molecular formula is C25H34N6O3. The van der Waals surface area contributed by atoms with Gasteiger partial charge in [-0.05, 0) is 56.8 Å². The van der Waals surface area contributed by atoms with Crippen molar-refractivity contribution < 1.29 is 4.79 Å². The van der Waals surface area contributed by atoms with Crippen LogP contribution in [-0.2, 0) is 11.3 Å². The number of aromatic amines is 2. The van der Waals surface area contributed by atoms with Crippen LogP contribution in [0.15, 0.2) is 39.9 Å². The summed E-state index contributed by atoms with van der Waals surface area (Å²) in [4.78, 5) is 47.4. The number of nitrogens with one attached hydrogen (secondary N) is 2. The van der Waals surface area contributed by atoms with Crippen LogP contribution in [0.3, 0.4) is 0 Å². The maximum absolute atomic E-state index is 13.2. The third kappa shape index (κ3) is 4.79. The Bertz CT molecular complexity index is 1230. The van der Waals surface area contributed by atoms with Crippen molar-refractivity contribution in [1.82, 2.24) is 19.4 Å². The predicted octanol–water partition coefficient (Wildman–Crippen LogP) is 2.63. The number of anilines is 2. The summed E-state index contributed by atoms with van der Waals surface area (Å²) in [5.41, 5.74) is 7.52. The summed E-state index contributed by atoms with van der Waals surface area (Å²) in [6.45, 7) is 6.32. The van der Waals surface area contributed by atoms with Gasteiger partial charge in [0.2, 0.25) is 5.91 Å². The molecule has 1 aliphatic heterocycles. The number of likely N-dealkylation sites (N-methyl/N-ethyl adjacent to an activating group) is 1. The number of nitrogens with zero attached hydrogens (tertiary/aromatic N) is 3. The number of likely N-dealkylation sites (tertiary alicyclic amines) is 1. The summed E-state index contributed by atoms with van der Waals surface area (Å²) < 4.78 is 1.35. The predicted molar refractivity (Wildman–Crippen MR) is 135 cm³/mol. The first-order valence-electron chi connectivity index (χ1n) is 12.2. The Hall–Kier alpha value is -3.33. The highest BCUT2D eigenvalue weighted by Gasteiger charge is 2.27. The molecule has 0 unspecified atom stereocenters. The van der Waals surface area contributed by atoms with E-state index in [-0.39, 0.29) is 24.0 Å². The number of rotatable bonds is 8. The number of piperidine rings is 1. The van der Waals surface area contributed by atoms with Crippen molar-refractivity contribution in [3.63, 3.8) is 0 Å². The maximum Gasteiger partial charge on any atom is 0.330 e.